The maximum Gasteiger partial charge on any atom is 0.259 e. The Hall–Kier alpha value is -2.47. The summed E-state index contributed by atoms with van der Waals surface area (Å²) in [5.41, 5.74) is 3.22. The van der Waals surface area contributed by atoms with Crippen LogP contribution in [-0.2, 0) is 24.2 Å². The van der Waals surface area contributed by atoms with Crippen molar-refractivity contribution in [3.05, 3.63) is 58.5 Å². The fourth-order valence-corrected chi connectivity index (χ4v) is 3.46. The van der Waals surface area contributed by atoms with E-state index in [1.807, 2.05) is 6.07 Å². The molecule has 1 aliphatic heterocycles. The van der Waals surface area contributed by atoms with E-state index in [-0.39, 0.29) is 24.4 Å². The third-order valence-corrected chi connectivity index (χ3v) is 5.01. The second-order valence-corrected chi connectivity index (χ2v) is 6.74. The summed E-state index contributed by atoms with van der Waals surface area (Å²) in [6.07, 6.45) is 2.89. The quantitative estimate of drug-likeness (QED) is 0.827. The summed E-state index contributed by atoms with van der Waals surface area (Å²) in [5.74, 6) is 0.0369. The number of aromatic nitrogens is 1. The molecule has 4 rings (SSSR count). The van der Waals surface area contributed by atoms with Crippen LogP contribution in [0.3, 0.4) is 0 Å². The Morgan fingerprint density at radius 2 is 2.12 bits per heavy atom. The molecule has 1 aliphatic carbocycles. The van der Waals surface area contributed by atoms with Gasteiger partial charge in [-0.15, -0.1) is 0 Å². The zero-order valence-electron chi connectivity index (χ0n) is 14.7. The molecule has 0 spiro atoms. The van der Waals surface area contributed by atoms with Gasteiger partial charge in [-0.1, -0.05) is 18.2 Å². The van der Waals surface area contributed by atoms with E-state index in [0.29, 0.717) is 30.1 Å². The molecular weight excluding hydrogens is 335 g/mol. The third kappa shape index (κ3) is 3.17. The lowest BCUT2D eigenvalue weighted by atomic mass is 10.1. The van der Waals surface area contributed by atoms with Gasteiger partial charge in [-0.2, -0.15) is 0 Å². The topological polar surface area (TPSA) is 51.7 Å². The van der Waals surface area contributed by atoms with Gasteiger partial charge in [-0.25, -0.2) is 9.37 Å². The molecule has 26 heavy (non-hydrogen) atoms. The van der Waals surface area contributed by atoms with Crippen LogP contribution in [0.2, 0.25) is 0 Å². The Labute approximate surface area is 151 Å². The maximum absolute atomic E-state index is 13.6. The number of aryl methyl sites for hydroxylation is 2. The fraction of sp³-hybridized carbons (Fsp3) is 0.400. The molecule has 0 N–H and O–H groups in total. The molecule has 5 nitrogen and oxygen atoms in total. The number of halogens is 1. The van der Waals surface area contributed by atoms with Crippen molar-refractivity contribution in [1.29, 1.82) is 0 Å². The van der Waals surface area contributed by atoms with Crippen LogP contribution in [0.1, 0.15) is 33.6 Å². The van der Waals surface area contributed by atoms with Gasteiger partial charge >= 0.3 is 0 Å². The zero-order chi connectivity index (χ0) is 18.1. The molecule has 0 atom stereocenters. The molecule has 2 aliphatic rings. The Kier molecular flexibility index (Phi) is 4.59. The minimum Gasteiger partial charge on any atom is -0.480 e. The number of carbonyl (C=O) groups is 1. The van der Waals surface area contributed by atoms with E-state index in [1.54, 1.807) is 23.1 Å². The molecule has 6 heteroatoms. The normalized spacial score (nSPS) is 16.3. The number of carbonyl (C=O) groups excluding carboxylic acids is 1. The highest BCUT2D eigenvalue weighted by Gasteiger charge is 2.34. The standard InChI is InChI=1S/C20H21FN2O3/c1-25-19-16(9-13-6-4-8-18(13)22-19)20(24)23-10-15(11-23)26-12-14-5-2-3-7-17(14)21/h2-3,5,7,9,15H,4,6,8,10-12H2,1H3. The molecule has 1 aromatic carbocycles. The van der Waals surface area contributed by atoms with E-state index in [0.717, 1.165) is 30.5 Å². The summed E-state index contributed by atoms with van der Waals surface area (Å²) in [5, 5.41) is 0. The number of pyridine rings is 1. The van der Waals surface area contributed by atoms with Crippen molar-refractivity contribution >= 4 is 5.91 Å². The molecule has 0 saturated carbocycles. The summed E-state index contributed by atoms with van der Waals surface area (Å²) < 4.78 is 24.7. The van der Waals surface area contributed by atoms with Crippen molar-refractivity contribution in [2.75, 3.05) is 20.2 Å². The largest absolute Gasteiger partial charge is 0.480 e. The van der Waals surface area contributed by atoms with E-state index in [9.17, 15) is 9.18 Å². The number of amides is 1. The average molecular weight is 356 g/mol. The smallest absolute Gasteiger partial charge is 0.259 e. The van der Waals surface area contributed by atoms with E-state index in [2.05, 4.69) is 4.98 Å². The van der Waals surface area contributed by atoms with Crippen LogP contribution < -0.4 is 4.74 Å². The van der Waals surface area contributed by atoms with Gasteiger partial charge in [0.25, 0.3) is 5.91 Å². The maximum atomic E-state index is 13.6. The van der Waals surface area contributed by atoms with Gasteiger partial charge in [0.15, 0.2) is 0 Å². The van der Waals surface area contributed by atoms with E-state index < -0.39 is 0 Å². The number of benzene rings is 1. The van der Waals surface area contributed by atoms with Crippen molar-refractivity contribution in [2.45, 2.75) is 32.0 Å². The second kappa shape index (κ2) is 7.03. The van der Waals surface area contributed by atoms with E-state index in [1.165, 1.54) is 13.2 Å². The minimum atomic E-state index is -0.270. The fourth-order valence-electron chi connectivity index (χ4n) is 3.46. The number of ether oxygens (including phenoxy) is 2. The van der Waals surface area contributed by atoms with Crippen LogP contribution >= 0.6 is 0 Å². The number of rotatable bonds is 5. The van der Waals surface area contributed by atoms with Gasteiger partial charge < -0.3 is 14.4 Å². The molecule has 0 bridgehead atoms. The number of hydrogen-bond donors (Lipinski definition) is 0. The number of likely N-dealkylation sites (tertiary alicyclic amines) is 1. The van der Waals surface area contributed by atoms with Crippen molar-refractivity contribution in [2.24, 2.45) is 0 Å². The molecule has 1 fully saturated rings. The van der Waals surface area contributed by atoms with Crippen LogP contribution in [0.15, 0.2) is 30.3 Å². The Bertz CT molecular complexity index is 834. The zero-order valence-corrected chi connectivity index (χ0v) is 14.7. The molecule has 2 heterocycles. The second-order valence-electron chi connectivity index (χ2n) is 6.74. The van der Waals surface area contributed by atoms with Crippen LogP contribution in [0.25, 0.3) is 0 Å². The summed E-state index contributed by atoms with van der Waals surface area (Å²) in [7, 11) is 1.54. The van der Waals surface area contributed by atoms with Crippen molar-refractivity contribution in [3.8, 4) is 5.88 Å². The van der Waals surface area contributed by atoms with Crippen LogP contribution in [0, 0.1) is 5.82 Å². The molecule has 2 aromatic rings. The van der Waals surface area contributed by atoms with Crippen molar-refractivity contribution in [1.82, 2.24) is 9.88 Å². The monoisotopic (exact) mass is 356 g/mol. The van der Waals surface area contributed by atoms with Gasteiger partial charge in [0.1, 0.15) is 11.4 Å². The minimum absolute atomic E-state index is 0.0769. The predicted molar refractivity (Wildman–Crippen MR) is 93.7 cm³/mol. The molecular formula is C20H21FN2O3. The summed E-state index contributed by atoms with van der Waals surface area (Å²) in [6, 6.07) is 8.48. The number of fused-ring (bicyclic) bond motifs is 1. The first-order valence-corrected chi connectivity index (χ1v) is 8.86. The SMILES string of the molecule is COc1nc2c(cc1C(=O)N1CC(OCc3ccccc3F)C1)CCC2. The van der Waals surface area contributed by atoms with Crippen LogP contribution in [0.4, 0.5) is 4.39 Å². The summed E-state index contributed by atoms with van der Waals surface area (Å²) >= 11 is 0. The first-order chi connectivity index (χ1) is 12.7. The van der Waals surface area contributed by atoms with E-state index in [4.69, 9.17) is 9.47 Å². The third-order valence-electron chi connectivity index (χ3n) is 5.01. The highest BCUT2D eigenvalue weighted by molar-refractivity contribution is 5.97. The van der Waals surface area contributed by atoms with Crippen molar-refractivity contribution in [3.63, 3.8) is 0 Å². The molecule has 136 valence electrons. The Morgan fingerprint density at radius 3 is 2.88 bits per heavy atom. The Morgan fingerprint density at radius 1 is 1.31 bits per heavy atom. The number of methoxy groups -OCH3 is 1. The lowest BCUT2D eigenvalue weighted by Gasteiger charge is -2.39. The highest BCUT2D eigenvalue weighted by Crippen LogP contribution is 2.28. The van der Waals surface area contributed by atoms with Gasteiger partial charge in [-0.05, 0) is 37.0 Å². The van der Waals surface area contributed by atoms with Crippen molar-refractivity contribution < 1.29 is 18.7 Å². The van der Waals surface area contributed by atoms with Crippen LogP contribution in [0.5, 0.6) is 5.88 Å². The number of nitrogens with zero attached hydrogens (tertiary/aromatic N) is 2. The van der Waals surface area contributed by atoms with E-state index >= 15 is 0 Å². The molecule has 1 saturated heterocycles. The van der Waals surface area contributed by atoms with Gasteiger partial charge in [0.2, 0.25) is 5.88 Å². The predicted octanol–water partition coefficient (Wildman–Crippen LogP) is 2.76. The lowest BCUT2D eigenvalue weighted by molar-refractivity contribution is -0.0510. The molecule has 1 amide bonds. The molecule has 0 radical (unpaired) electrons. The first-order valence-electron chi connectivity index (χ1n) is 8.86. The average Bonchev–Trinajstić information content (AvgIpc) is 3.07. The van der Waals surface area contributed by atoms with Gasteiger partial charge in [0, 0.05) is 24.3 Å². The summed E-state index contributed by atoms with van der Waals surface area (Å²) in [6.45, 7) is 1.20. The highest BCUT2D eigenvalue weighted by atomic mass is 19.1. The molecule has 1 aromatic heterocycles. The van der Waals surface area contributed by atoms with Gasteiger partial charge in [-0.3, -0.25) is 4.79 Å². The van der Waals surface area contributed by atoms with Gasteiger partial charge in [0.05, 0.1) is 19.8 Å². The van der Waals surface area contributed by atoms with Crippen LogP contribution in [-0.4, -0.2) is 42.1 Å². The summed E-state index contributed by atoms with van der Waals surface area (Å²) in [4.78, 5) is 19.0. The lowest BCUT2D eigenvalue weighted by Crippen LogP contribution is -2.54. The Balaban J connectivity index is 1.37. The number of hydrogen-bond acceptors (Lipinski definition) is 4. The molecule has 0 unspecified atom stereocenters. The first kappa shape index (κ1) is 17.0.